The van der Waals surface area contributed by atoms with Crippen LogP contribution in [0.15, 0.2) is 12.7 Å². The molecule has 0 aromatic rings. The Kier molecular flexibility index (Phi) is 3.96. The first-order valence-electron chi connectivity index (χ1n) is 5.02. The largest absolute Gasteiger partial charge is 0.414 e. The maximum Gasteiger partial charge on any atom is 0.414 e. The van der Waals surface area contributed by atoms with Gasteiger partial charge in [0, 0.05) is 19.0 Å². The van der Waals surface area contributed by atoms with Crippen molar-refractivity contribution in [1.29, 1.82) is 0 Å². The zero-order chi connectivity index (χ0) is 12.3. The van der Waals surface area contributed by atoms with Gasteiger partial charge >= 0.3 is 6.18 Å². The molecule has 1 rings (SSSR count). The Morgan fingerprint density at radius 1 is 1.56 bits per heavy atom. The summed E-state index contributed by atoms with van der Waals surface area (Å²) in [6.45, 7) is 3.64. The van der Waals surface area contributed by atoms with Gasteiger partial charge in [-0.1, -0.05) is 6.58 Å². The average molecular weight is 237 g/mol. The van der Waals surface area contributed by atoms with Gasteiger partial charge in [-0.05, 0) is 18.9 Å². The number of carbonyl (C=O) groups is 1. The minimum atomic E-state index is -4.62. The smallest absolute Gasteiger partial charge is 0.383 e. The quantitative estimate of drug-likeness (QED) is 0.736. The van der Waals surface area contributed by atoms with Crippen LogP contribution in [0.2, 0.25) is 0 Å². The van der Waals surface area contributed by atoms with Crippen LogP contribution in [0, 0.1) is 5.92 Å². The number of aliphatic hydroxyl groups excluding tert-OH is 1. The Balaban J connectivity index is 2.63. The molecule has 1 heterocycles. The lowest BCUT2D eigenvalue weighted by molar-refractivity contribution is -0.223. The molecule has 0 aromatic carbocycles. The molecule has 2 atom stereocenters. The Morgan fingerprint density at radius 2 is 2.19 bits per heavy atom. The van der Waals surface area contributed by atoms with Crippen LogP contribution < -0.4 is 0 Å². The molecule has 16 heavy (non-hydrogen) atoms. The van der Waals surface area contributed by atoms with E-state index in [1.807, 2.05) is 0 Å². The van der Waals surface area contributed by atoms with Gasteiger partial charge in [0.15, 0.2) is 6.10 Å². The van der Waals surface area contributed by atoms with Gasteiger partial charge in [0.1, 0.15) is 0 Å². The summed E-state index contributed by atoms with van der Waals surface area (Å²) in [7, 11) is 0. The Labute approximate surface area is 91.5 Å². The van der Waals surface area contributed by atoms with Gasteiger partial charge in [-0.2, -0.15) is 13.2 Å². The van der Waals surface area contributed by atoms with Crippen LogP contribution in [0.5, 0.6) is 0 Å². The molecule has 3 nitrogen and oxygen atoms in total. The molecule has 0 saturated carbocycles. The number of hydrogen-bond donors (Lipinski definition) is 1. The van der Waals surface area contributed by atoms with E-state index >= 15 is 0 Å². The number of halogens is 3. The highest BCUT2D eigenvalue weighted by Gasteiger charge is 2.44. The summed E-state index contributed by atoms with van der Waals surface area (Å²) in [5.41, 5.74) is 0. The van der Waals surface area contributed by atoms with Crippen LogP contribution in [-0.4, -0.2) is 41.3 Å². The second-order valence-electron chi connectivity index (χ2n) is 3.88. The van der Waals surface area contributed by atoms with E-state index < -0.39 is 18.2 Å². The first kappa shape index (κ1) is 13.0. The molecule has 0 aromatic heterocycles. The average Bonchev–Trinajstić information content (AvgIpc) is 2.26. The first-order chi connectivity index (χ1) is 7.36. The molecule has 92 valence electrons. The summed E-state index contributed by atoms with van der Waals surface area (Å²) in [4.78, 5) is 12.5. The van der Waals surface area contributed by atoms with Gasteiger partial charge in [0.25, 0.3) is 0 Å². The zero-order valence-electron chi connectivity index (χ0n) is 8.70. The zero-order valence-corrected chi connectivity index (χ0v) is 8.70. The second-order valence-corrected chi connectivity index (χ2v) is 3.88. The third-order valence-electron chi connectivity index (χ3n) is 2.73. The van der Waals surface area contributed by atoms with Crippen molar-refractivity contribution in [1.82, 2.24) is 4.90 Å². The maximum absolute atomic E-state index is 12.3. The van der Waals surface area contributed by atoms with E-state index in [2.05, 4.69) is 6.58 Å². The standard InChI is InChI=1S/C10H14F3NO2/c1-2-8(15)14-5-3-4-7(6-14)9(16)10(11,12)13/h2,7,9,16H,1,3-6H2. The summed E-state index contributed by atoms with van der Waals surface area (Å²) >= 11 is 0. The van der Waals surface area contributed by atoms with Gasteiger partial charge in [-0.3, -0.25) is 4.79 Å². The Bertz CT molecular complexity index is 278. The molecule has 2 unspecified atom stereocenters. The minimum Gasteiger partial charge on any atom is -0.383 e. The fourth-order valence-electron chi connectivity index (χ4n) is 1.86. The third kappa shape index (κ3) is 2.98. The SMILES string of the molecule is C=CC(=O)N1CCCC(C(O)C(F)(F)F)C1. The molecule has 1 aliphatic heterocycles. The summed E-state index contributed by atoms with van der Waals surface area (Å²) in [5, 5.41) is 9.09. The van der Waals surface area contributed by atoms with Gasteiger partial charge in [0.2, 0.25) is 5.91 Å². The van der Waals surface area contributed by atoms with Crippen molar-refractivity contribution in [3.8, 4) is 0 Å². The highest BCUT2D eigenvalue weighted by Crippen LogP contribution is 2.30. The molecule has 0 bridgehead atoms. The molecule has 1 fully saturated rings. The van der Waals surface area contributed by atoms with Gasteiger partial charge in [-0.25, -0.2) is 0 Å². The van der Waals surface area contributed by atoms with Crippen molar-refractivity contribution in [3.63, 3.8) is 0 Å². The van der Waals surface area contributed by atoms with Crippen LogP contribution in [-0.2, 0) is 4.79 Å². The summed E-state index contributed by atoms with van der Waals surface area (Å²) in [6.07, 6.45) is -5.15. The Morgan fingerprint density at radius 3 is 2.69 bits per heavy atom. The van der Waals surface area contributed by atoms with E-state index in [-0.39, 0.29) is 18.9 Å². The maximum atomic E-state index is 12.3. The predicted octanol–water partition coefficient (Wildman–Crippen LogP) is 1.33. The number of carbonyl (C=O) groups excluding carboxylic acids is 1. The number of rotatable bonds is 2. The van der Waals surface area contributed by atoms with Crippen LogP contribution in [0.3, 0.4) is 0 Å². The van der Waals surface area contributed by atoms with Gasteiger partial charge in [0.05, 0.1) is 0 Å². The summed E-state index contributed by atoms with van der Waals surface area (Å²) in [6, 6.07) is 0. The Hall–Kier alpha value is -1.04. The lowest BCUT2D eigenvalue weighted by Crippen LogP contribution is -2.47. The molecular formula is C10H14F3NO2. The summed E-state index contributed by atoms with van der Waals surface area (Å²) < 4.78 is 36.8. The van der Waals surface area contributed by atoms with Crippen LogP contribution in [0.25, 0.3) is 0 Å². The molecule has 1 N–H and O–H groups in total. The second kappa shape index (κ2) is 4.86. The van der Waals surface area contributed by atoms with Crippen LogP contribution >= 0.6 is 0 Å². The molecule has 0 spiro atoms. The number of alkyl halides is 3. The van der Waals surface area contributed by atoms with E-state index in [4.69, 9.17) is 5.11 Å². The normalized spacial score (nSPS) is 24.0. The van der Waals surface area contributed by atoms with Crippen LogP contribution in [0.1, 0.15) is 12.8 Å². The van der Waals surface area contributed by atoms with E-state index in [1.54, 1.807) is 0 Å². The molecule has 1 amide bonds. The highest BCUT2D eigenvalue weighted by atomic mass is 19.4. The lowest BCUT2D eigenvalue weighted by Gasteiger charge is -2.35. The topological polar surface area (TPSA) is 40.5 Å². The molecular weight excluding hydrogens is 223 g/mol. The fraction of sp³-hybridized carbons (Fsp3) is 0.700. The predicted molar refractivity (Wildman–Crippen MR) is 51.6 cm³/mol. The highest BCUT2D eigenvalue weighted by molar-refractivity contribution is 5.87. The van der Waals surface area contributed by atoms with Crippen molar-refractivity contribution in [3.05, 3.63) is 12.7 Å². The van der Waals surface area contributed by atoms with Crippen LogP contribution in [0.4, 0.5) is 13.2 Å². The van der Waals surface area contributed by atoms with Crippen molar-refractivity contribution >= 4 is 5.91 Å². The van der Waals surface area contributed by atoms with Crippen molar-refractivity contribution in [2.24, 2.45) is 5.92 Å². The van der Waals surface area contributed by atoms with Crippen molar-refractivity contribution in [2.75, 3.05) is 13.1 Å². The molecule has 1 saturated heterocycles. The van der Waals surface area contributed by atoms with E-state index in [0.29, 0.717) is 13.0 Å². The molecule has 6 heteroatoms. The third-order valence-corrected chi connectivity index (χ3v) is 2.73. The summed E-state index contributed by atoms with van der Waals surface area (Å²) in [5.74, 6) is -1.32. The number of hydrogen-bond acceptors (Lipinski definition) is 2. The van der Waals surface area contributed by atoms with E-state index in [0.717, 1.165) is 6.08 Å². The number of piperidine rings is 1. The van der Waals surface area contributed by atoms with E-state index in [9.17, 15) is 18.0 Å². The monoisotopic (exact) mass is 237 g/mol. The lowest BCUT2D eigenvalue weighted by atomic mass is 9.92. The number of nitrogens with zero attached hydrogens (tertiary/aromatic N) is 1. The van der Waals surface area contributed by atoms with Gasteiger partial charge in [-0.15, -0.1) is 0 Å². The van der Waals surface area contributed by atoms with E-state index in [1.165, 1.54) is 4.90 Å². The van der Waals surface area contributed by atoms with Crippen molar-refractivity contribution < 1.29 is 23.1 Å². The van der Waals surface area contributed by atoms with Crippen molar-refractivity contribution in [2.45, 2.75) is 25.1 Å². The molecule has 0 aliphatic carbocycles. The molecule has 0 radical (unpaired) electrons. The number of amides is 1. The fourth-order valence-corrected chi connectivity index (χ4v) is 1.86. The number of aliphatic hydroxyl groups is 1. The minimum absolute atomic E-state index is 0.0640. The first-order valence-corrected chi connectivity index (χ1v) is 5.02. The number of likely N-dealkylation sites (tertiary alicyclic amines) is 1. The van der Waals surface area contributed by atoms with Gasteiger partial charge < -0.3 is 10.0 Å². The molecule has 1 aliphatic rings.